The van der Waals surface area contributed by atoms with Gasteiger partial charge in [0.25, 0.3) is 0 Å². The van der Waals surface area contributed by atoms with E-state index in [4.69, 9.17) is 5.14 Å². The first kappa shape index (κ1) is 19.1. The fourth-order valence-electron chi connectivity index (χ4n) is 1.96. The Labute approximate surface area is 146 Å². The molecule has 2 aromatic carbocycles. The number of nitrogens with two attached hydrogens (primary N) is 1. The molecule has 0 saturated carbocycles. The number of anilines is 1. The van der Waals surface area contributed by atoms with Crippen LogP contribution in [0, 0.1) is 0 Å². The van der Waals surface area contributed by atoms with E-state index in [1.54, 1.807) is 18.2 Å². The summed E-state index contributed by atoms with van der Waals surface area (Å²) in [5, 5.41) is 7.51. The lowest BCUT2D eigenvalue weighted by Crippen LogP contribution is -2.27. The van der Waals surface area contributed by atoms with Gasteiger partial charge in [0.2, 0.25) is 26.0 Å². The van der Waals surface area contributed by atoms with Crippen molar-refractivity contribution in [1.29, 1.82) is 0 Å². The quantitative estimate of drug-likeness (QED) is 0.645. The van der Waals surface area contributed by atoms with Gasteiger partial charge in [-0.05, 0) is 30.3 Å². The van der Waals surface area contributed by atoms with E-state index in [1.165, 1.54) is 36.4 Å². The van der Waals surface area contributed by atoms with Gasteiger partial charge in [0.1, 0.15) is 0 Å². The summed E-state index contributed by atoms with van der Waals surface area (Å²) < 4.78 is 48.9. The van der Waals surface area contributed by atoms with Crippen LogP contribution in [0.25, 0.3) is 0 Å². The molecule has 10 heteroatoms. The molecule has 0 saturated heterocycles. The molecule has 0 unspecified atom stereocenters. The van der Waals surface area contributed by atoms with Crippen molar-refractivity contribution in [2.75, 3.05) is 11.9 Å². The highest BCUT2D eigenvalue weighted by Crippen LogP contribution is 2.14. The minimum atomic E-state index is -3.87. The largest absolute Gasteiger partial charge is 0.326 e. The Balaban J connectivity index is 1.92. The zero-order chi connectivity index (χ0) is 18.5. The standard InChI is InChI=1S/C15H17N3O5S2/c16-24(20,21)14-8-4-5-12(11-14)18-15(19)9-10-17-25(22,23)13-6-2-1-3-7-13/h1-8,11,17H,9-10H2,(H,18,19)(H2,16,20,21). The Hall–Kier alpha value is -2.27. The molecule has 25 heavy (non-hydrogen) atoms. The van der Waals surface area contributed by atoms with Crippen LogP contribution in [-0.2, 0) is 24.8 Å². The third-order valence-electron chi connectivity index (χ3n) is 3.14. The van der Waals surface area contributed by atoms with Crippen LogP contribution in [0.3, 0.4) is 0 Å². The second-order valence-corrected chi connectivity index (χ2v) is 8.41. The molecule has 0 aliphatic rings. The maximum Gasteiger partial charge on any atom is 0.240 e. The van der Waals surface area contributed by atoms with Crippen LogP contribution in [0.15, 0.2) is 64.4 Å². The number of carbonyl (C=O) groups excluding carboxylic acids is 1. The highest BCUT2D eigenvalue weighted by molar-refractivity contribution is 7.89. The first-order valence-corrected chi connectivity index (χ1v) is 10.2. The third-order valence-corrected chi connectivity index (χ3v) is 5.53. The van der Waals surface area contributed by atoms with Crippen molar-refractivity contribution in [3.8, 4) is 0 Å². The fourth-order valence-corrected chi connectivity index (χ4v) is 3.57. The molecule has 0 fully saturated rings. The Morgan fingerprint density at radius 3 is 2.20 bits per heavy atom. The van der Waals surface area contributed by atoms with Crippen molar-refractivity contribution in [3.05, 3.63) is 54.6 Å². The van der Waals surface area contributed by atoms with Gasteiger partial charge in [-0.15, -0.1) is 0 Å². The van der Waals surface area contributed by atoms with Gasteiger partial charge in [0, 0.05) is 18.7 Å². The third kappa shape index (κ3) is 5.64. The molecule has 4 N–H and O–H groups in total. The molecular formula is C15H17N3O5S2. The van der Waals surface area contributed by atoms with Gasteiger partial charge < -0.3 is 5.32 Å². The molecule has 0 aromatic heterocycles. The van der Waals surface area contributed by atoms with Gasteiger partial charge in [-0.3, -0.25) is 4.79 Å². The van der Waals surface area contributed by atoms with E-state index in [0.717, 1.165) is 0 Å². The molecule has 0 radical (unpaired) electrons. The first-order valence-electron chi connectivity index (χ1n) is 7.16. The Morgan fingerprint density at radius 1 is 0.920 bits per heavy atom. The lowest BCUT2D eigenvalue weighted by Gasteiger charge is -2.08. The number of carbonyl (C=O) groups is 1. The van der Waals surface area contributed by atoms with E-state index >= 15 is 0 Å². The van der Waals surface area contributed by atoms with Crippen molar-refractivity contribution in [3.63, 3.8) is 0 Å². The number of benzene rings is 2. The van der Waals surface area contributed by atoms with Crippen molar-refractivity contribution in [2.45, 2.75) is 16.2 Å². The molecule has 2 aromatic rings. The summed E-state index contributed by atoms with van der Waals surface area (Å²) in [5.74, 6) is -0.470. The lowest BCUT2D eigenvalue weighted by atomic mass is 10.3. The molecule has 2 rings (SSSR count). The molecule has 0 atom stereocenters. The minimum Gasteiger partial charge on any atom is -0.326 e. The predicted molar refractivity (Wildman–Crippen MR) is 92.7 cm³/mol. The summed E-state index contributed by atoms with van der Waals surface area (Å²) in [4.78, 5) is 11.8. The minimum absolute atomic E-state index is 0.0993. The number of amides is 1. The van der Waals surface area contributed by atoms with E-state index in [0.29, 0.717) is 0 Å². The summed E-state index contributed by atoms with van der Waals surface area (Å²) >= 11 is 0. The molecule has 0 spiro atoms. The summed E-state index contributed by atoms with van der Waals surface area (Å²) in [6, 6.07) is 13.2. The highest BCUT2D eigenvalue weighted by Gasteiger charge is 2.14. The van der Waals surface area contributed by atoms with Crippen LogP contribution in [0.1, 0.15) is 6.42 Å². The molecule has 134 valence electrons. The van der Waals surface area contributed by atoms with E-state index in [2.05, 4.69) is 10.0 Å². The summed E-state index contributed by atoms with van der Waals surface area (Å²) in [6.07, 6.45) is -0.119. The van der Waals surface area contributed by atoms with Crippen LogP contribution in [0.5, 0.6) is 0 Å². The number of sulfonamides is 2. The zero-order valence-corrected chi connectivity index (χ0v) is 14.7. The molecule has 1 amide bonds. The van der Waals surface area contributed by atoms with Crippen molar-refractivity contribution in [1.82, 2.24) is 4.72 Å². The van der Waals surface area contributed by atoms with E-state index < -0.39 is 26.0 Å². The predicted octanol–water partition coefficient (Wildman–Crippen LogP) is 0.641. The molecule has 0 aliphatic heterocycles. The molecule has 8 nitrogen and oxygen atoms in total. The van der Waals surface area contributed by atoms with Gasteiger partial charge in [-0.25, -0.2) is 26.7 Å². The molecule has 0 bridgehead atoms. The van der Waals surface area contributed by atoms with Crippen LogP contribution < -0.4 is 15.2 Å². The summed E-state index contributed by atoms with van der Waals surface area (Å²) in [6.45, 7) is -0.0993. The van der Waals surface area contributed by atoms with Gasteiger partial charge >= 0.3 is 0 Å². The molecule has 0 aliphatic carbocycles. The van der Waals surface area contributed by atoms with Crippen LogP contribution in [-0.4, -0.2) is 29.3 Å². The Kier molecular flexibility index (Phi) is 5.90. The summed E-state index contributed by atoms with van der Waals surface area (Å²) in [7, 11) is -7.55. The number of hydrogen-bond acceptors (Lipinski definition) is 5. The normalized spacial score (nSPS) is 11.9. The van der Waals surface area contributed by atoms with Crippen LogP contribution in [0.4, 0.5) is 5.69 Å². The number of nitrogens with one attached hydrogen (secondary N) is 2. The fraction of sp³-hybridized carbons (Fsp3) is 0.133. The van der Waals surface area contributed by atoms with E-state index in [-0.39, 0.29) is 28.4 Å². The van der Waals surface area contributed by atoms with Crippen LogP contribution >= 0.6 is 0 Å². The van der Waals surface area contributed by atoms with Gasteiger partial charge in [0.15, 0.2) is 0 Å². The van der Waals surface area contributed by atoms with Crippen molar-refractivity contribution in [2.24, 2.45) is 5.14 Å². The Bertz CT molecular complexity index is 958. The maximum atomic E-state index is 12.0. The second-order valence-electron chi connectivity index (χ2n) is 5.08. The molecule has 0 heterocycles. The van der Waals surface area contributed by atoms with Crippen LogP contribution in [0.2, 0.25) is 0 Å². The smallest absolute Gasteiger partial charge is 0.240 e. The topological polar surface area (TPSA) is 135 Å². The van der Waals surface area contributed by atoms with Gasteiger partial charge in [0.05, 0.1) is 9.79 Å². The van der Waals surface area contributed by atoms with Crippen molar-refractivity contribution < 1.29 is 21.6 Å². The number of rotatable bonds is 7. The average Bonchev–Trinajstić information content (AvgIpc) is 2.55. The second kappa shape index (κ2) is 7.74. The maximum absolute atomic E-state index is 12.0. The van der Waals surface area contributed by atoms with Gasteiger partial charge in [-0.1, -0.05) is 24.3 Å². The number of hydrogen-bond donors (Lipinski definition) is 3. The zero-order valence-electron chi connectivity index (χ0n) is 13.0. The lowest BCUT2D eigenvalue weighted by molar-refractivity contribution is -0.116. The van der Waals surface area contributed by atoms with Gasteiger partial charge in [-0.2, -0.15) is 0 Å². The average molecular weight is 383 g/mol. The monoisotopic (exact) mass is 383 g/mol. The SMILES string of the molecule is NS(=O)(=O)c1cccc(NC(=O)CCNS(=O)(=O)c2ccccc2)c1. The first-order chi connectivity index (χ1) is 11.7. The van der Waals surface area contributed by atoms with E-state index in [9.17, 15) is 21.6 Å². The highest BCUT2D eigenvalue weighted by atomic mass is 32.2. The number of primary sulfonamides is 1. The van der Waals surface area contributed by atoms with E-state index in [1.807, 2.05) is 0 Å². The summed E-state index contributed by atoms with van der Waals surface area (Å²) in [5.41, 5.74) is 0.252. The molecular weight excluding hydrogens is 366 g/mol. The van der Waals surface area contributed by atoms with Crippen molar-refractivity contribution >= 4 is 31.6 Å². The Morgan fingerprint density at radius 2 is 1.56 bits per heavy atom.